The predicted octanol–water partition coefficient (Wildman–Crippen LogP) is 4.45. The van der Waals surface area contributed by atoms with Crippen molar-refractivity contribution < 1.29 is 4.42 Å². The number of hydrogen-bond donors (Lipinski definition) is 1. The fraction of sp³-hybridized carbons (Fsp3) is 0.235. The van der Waals surface area contributed by atoms with Gasteiger partial charge in [0.05, 0.1) is 5.69 Å². The molecule has 0 radical (unpaired) electrons. The summed E-state index contributed by atoms with van der Waals surface area (Å²) in [6.45, 7) is 0. The monoisotopic (exact) mass is 342 g/mol. The Morgan fingerprint density at radius 3 is 2.86 bits per heavy atom. The van der Waals surface area contributed by atoms with Crippen LogP contribution in [0.3, 0.4) is 0 Å². The summed E-state index contributed by atoms with van der Waals surface area (Å²) in [5.74, 6) is 1.15. The van der Waals surface area contributed by atoms with Crippen LogP contribution in [-0.2, 0) is 12.8 Å². The van der Waals surface area contributed by atoms with Crippen molar-refractivity contribution in [2.75, 3.05) is 5.73 Å². The Labute approximate surface area is 131 Å². The molecule has 1 aliphatic rings. The molecule has 3 nitrogen and oxygen atoms in total. The fourth-order valence-electron chi connectivity index (χ4n) is 3.12. The number of hydrogen-bond acceptors (Lipinski definition) is 3. The predicted molar refractivity (Wildman–Crippen MR) is 87.3 cm³/mol. The first-order valence-corrected chi connectivity index (χ1v) is 7.92. The van der Waals surface area contributed by atoms with Gasteiger partial charge in [-0.3, -0.25) is 0 Å². The van der Waals surface area contributed by atoms with Gasteiger partial charge in [0.2, 0.25) is 0 Å². The molecule has 0 saturated heterocycles. The fourth-order valence-corrected chi connectivity index (χ4v) is 3.59. The molecular weight excluding hydrogens is 328 g/mol. The van der Waals surface area contributed by atoms with E-state index in [9.17, 15) is 0 Å². The lowest BCUT2D eigenvalue weighted by Gasteiger charge is -2.21. The topological polar surface area (TPSA) is 52.0 Å². The highest BCUT2D eigenvalue weighted by Gasteiger charge is 2.24. The maximum atomic E-state index is 6.01. The number of halogens is 1. The van der Waals surface area contributed by atoms with Crippen LogP contribution in [0.1, 0.15) is 29.4 Å². The van der Waals surface area contributed by atoms with Gasteiger partial charge in [0.15, 0.2) is 11.5 Å². The van der Waals surface area contributed by atoms with Gasteiger partial charge in [-0.15, -0.1) is 0 Å². The first-order valence-electron chi connectivity index (χ1n) is 7.13. The first-order chi connectivity index (χ1) is 10.2. The van der Waals surface area contributed by atoms with Crippen LogP contribution in [-0.4, -0.2) is 4.98 Å². The zero-order valence-corrected chi connectivity index (χ0v) is 13.1. The molecule has 3 aromatic rings. The van der Waals surface area contributed by atoms with E-state index in [2.05, 4.69) is 45.2 Å². The number of nitrogen functional groups attached to an aromatic ring is 1. The molecule has 1 aromatic heterocycles. The van der Waals surface area contributed by atoms with Crippen LogP contribution in [0.25, 0.3) is 11.1 Å². The van der Waals surface area contributed by atoms with Gasteiger partial charge in [0, 0.05) is 10.4 Å². The molecule has 2 aromatic carbocycles. The Kier molecular flexibility index (Phi) is 3.00. The number of nitrogens with two attached hydrogens (primary N) is 1. The summed E-state index contributed by atoms with van der Waals surface area (Å²) < 4.78 is 6.88. The van der Waals surface area contributed by atoms with Gasteiger partial charge in [-0.05, 0) is 42.5 Å². The highest BCUT2D eigenvalue weighted by atomic mass is 79.9. The molecule has 0 aliphatic heterocycles. The number of fused-ring (bicyclic) bond motifs is 2. The van der Waals surface area contributed by atoms with Crippen molar-refractivity contribution >= 4 is 32.7 Å². The standard InChI is InChI=1S/C17H15BrN2O/c18-13-8-14(19)16-15(9-13)20-17(21-16)12-6-5-10-3-1-2-4-11(10)7-12/h1-4,8-9,12H,5-7,19H2. The molecule has 21 heavy (non-hydrogen) atoms. The summed E-state index contributed by atoms with van der Waals surface area (Å²) >= 11 is 3.45. The summed E-state index contributed by atoms with van der Waals surface area (Å²) in [6, 6.07) is 12.4. The maximum absolute atomic E-state index is 6.01. The van der Waals surface area contributed by atoms with Gasteiger partial charge < -0.3 is 10.2 Å². The summed E-state index contributed by atoms with van der Waals surface area (Å²) in [5, 5.41) is 0. The quantitative estimate of drug-likeness (QED) is 0.665. The SMILES string of the molecule is Nc1cc(Br)cc2nc(C3CCc4ccccc4C3)oc12. The number of aryl methyl sites for hydroxylation is 1. The van der Waals surface area contributed by atoms with E-state index in [-0.39, 0.29) is 0 Å². The summed E-state index contributed by atoms with van der Waals surface area (Å²) in [7, 11) is 0. The third-order valence-corrected chi connectivity index (χ3v) is 4.65. The minimum Gasteiger partial charge on any atom is -0.438 e. The van der Waals surface area contributed by atoms with Crippen molar-refractivity contribution in [2.45, 2.75) is 25.2 Å². The smallest absolute Gasteiger partial charge is 0.199 e. The number of oxazole rings is 1. The lowest BCUT2D eigenvalue weighted by Crippen LogP contribution is -2.12. The van der Waals surface area contributed by atoms with Gasteiger partial charge in [0.1, 0.15) is 5.52 Å². The Hall–Kier alpha value is -1.81. The third-order valence-electron chi connectivity index (χ3n) is 4.20. The summed E-state index contributed by atoms with van der Waals surface area (Å²) in [5.41, 5.74) is 11.0. The Bertz CT molecular complexity index is 825. The summed E-state index contributed by atoms with van der Waals surface area (Å²) in [6.07, 6.45) is 3.15. The molecule has 106 valence electrons. The van der Waals surface area contributed by atoms with Crippen LogP contribution in [0.15, 0.2) is 45.3 Å². The second-order valence-electron chi connectivity index (χ2n) is 5.60. The summed E-state index contributed by atoms with van der Waals surface area (Å²) in [4.78, 5) is 4.65. The molecular formula is C17H15BrN2O. The highest BCUT2D eigenvalue weighted by Crippen LogP contribution is 2.35. The van der Waals surface area contributed by atoms with Crippen LogP contribution in [0.4, 0.5) is 5.69 Å². The van der Waals surface area contributed by atoms with Crippen LogP contribution < -0.4 is 5.73 Å². The van der Waals surface area contributed by atoms with Crippen molar-refractivity contribution in [2.24, 2.45) is 0 Å². The van der Waals surface area contributed by atoms with E-state index in [4.69, 9.17) is 10.2 Å². The van der Waals surface area contributed by atoms with Gasteiger partial charge in [0.25, 0.3) is 0 Å². The average Bonchev–Trinajstić information content (AvgIpc) is 2.91. The lowest BCUT2D eigenvalue weighted by molar-refractivity contribution is 0.438. The van der Waals surface area contributed by atoms with Crippen LogP contribution in [0.2, 0.25) is 0 Å². The Balaban J connectivity index is 1.73. The molecule has 1 aliphatic carbocycles. The van der Waals surface area contributed by atoms with Crippen molar-refractivity contribution in [3.8, 4) is 0 Å². The molecule has 4 rings (SSSR count). The van der Waals surface area contributed by atoms with E-state index in [1.54, 1.807) is 0 Å². The zero-order chi connectivity index (χ0) is 14.4. The van der Waals surface area contributed by atoms with Crippen molar-refractivity contribution in [3.63, 3.8) is 0 Å². The Morgan fingerprint density at radius 2 is 2.00 bits per heavy atom. The molecule has 4 heteroatoms. The highest BCUT2D eigenvalue weighted by molar-refractivity contribution is 9.10. The minimum atomic E-state index is 0.338. The molecule has 0 amide bonds. The minimum absolute atomic E-state index is 0.338. The molecule has 0 saturated carbocycles. The van der Waals surface area contributed by atoms with E-state index in [1.807, 2.05) is 12.1 Å². The molecule has 1 unspecified atom stereocenters. The van der Waals surface area contributed by atoms with E-state index < -0.39 is 0 Å². The number of nitrogens with zero attached hydrogens (tertiary/aromatic N) is 1. The molecule has 0 spiro atoms. The molecule has 0 fully saturated rings. The lowest BCUT2D eigenvalue weighted by atomic mass is 9.84. The van der Waals surface area contributed by atoms with Gasteiger partial charge in [-0.25, -0.2) is 4.98 Å². The van der Waals surface area contributed by atoms with Gasteiger partial charge in [-0.1, -0.05) is 40.2 Å². The van der Waals surface area contributed by atoms with Crippen molar-refractivity contribution in [3.05, 3.63) is 57.9 Å². The normalized spacial score (nSPS) is 17.9. The first kappa shape index (κ1) is 12.9. The Morgan fingerprint density at radius 1 is 1.19 bits per heavy atom. The van der Waals surface area contributed by atoms with Crippen molar-refractivity contribution in [1.82, 2.24) is 4.98 Å². The average molecular weight is 343 g/mol. The molecule has 1 atom stereocenters. The molecule has 2 N–H and O–H groups in total. The zero-order valence-electron chi connectivity index (χ0n) is 11.5. The van der Waals surface area contributed by atoms with E-state index in [1.165, 1.54) is 11.1 Å². The van der Waals surface area contributed by atoms with Crippen molar-refractivity contribution in [1.29, 1.82) is 0 Å². The third kappa shape index (κ3) is 2.23. The molecule has 0 bridgehead atoms. The second-order valence-corrected chi connectivity index (χ2v) is 6.52. The van der Waals surface area contributed by atoms with Crippen LogP contribution >= 0.6 is 15.9 Å². The number of benzene rings is 2. The number of rotatable bonds is 1. The van der Waals surface area contributed by atoms with E-state index in [0.29, 0.717) is 17.2 Å². The maximum Gasteiger partial charge on any atom is 0.199 e. The van der Waals surface area contributed by atoms with Crippen LogP contribution in [0, 0.1) is 0 Å². The van der Waals surface area contributed by atoms with E-state index in [0.717, 1.165) is 35.1 Å². The molecule has 1 heterocycles. The largest absolute Gasteiger partial charge is 0.438 e. The number of aromatic nitrogens is 1. The van der Waals surface area contributed by atoms with E-state index >= 15 is 0 Å². The van der Waals surface area contributed by atoms with Gasteiger partial charge in [-0.2, -0.15) is 0 Å². The van der Waals surface area contributed by atoms with Crippen LogP contribution in [0.5, 0.6) is 0 Å². The second kappa shape index (κ2) is 4.88. The van der Waals surface area contributed by atoms with Gasteiger partial charge >= 0.3 is 0 Å². The number of anilines is 1.